The van der Waals surface area contributed by atoms with Gasteiger partial charge in [0.15, 0.2) is 0 Å². The largest absolute Gasteiger partial charge is 0.465 e. The number of hydrogen-bond acceptors (Lipinski definition) is 4. The molecule has 110 valence electrons. The quantitative estimate of drug-likeness (QED) is 0.677. The zero-order chi connectivity index (χ0) is 15.2. The predicted molar refractivity (Wildman–Crippen MR) is 85.6 cm³/mol. The van der Waals surface area contributed by atoms with E-state index in [4.69, 9.17) is 10.5 Å². The Morgan fingerprint density at radius 3 is 2.57 bits per heavy atom. The number of nitrogen functional groups attached to an aromatic ring is 1. The van der Waals surface area contributed by atoms with Crippen LogP contribution in [0.1, 0.15) is 15.9 Å². The Morgan fingerprint density at radius 2 is 1.90 bits per heavy atom. The number of likely N-dealkylation sites (N-methyl/N-ethyl adjacent to an activating group) is 1. The molecule has 0 radical (unpaired) electrons. The van der Waals surface area contributed by atoms with Gasteiger partial charge in [-0.1, -0.05) is 30.3 Å². The van der Waals surface area contributed by atoms with Crippen LogP contribution in [0.25, 0.3) is 0 Å². The third-order valence-electron chi connectivity index (χ3n) is 3.46. The summed E-state index contributed by atoms with van der Waals surface area (Å²) in [5, 5.41) is 0. The average Bonchev–Trinajstić information content (AvgIpc) is 2.53. The van der Waals surface area contributed by atoms with Crippen molar-refractivity contribution in [1.82, 2.24) is 0 Å². The molecule has 0 bridgehead atoms. The second kappa shape index (κ2) is 6.79. The molecule has 0 unspecified atom stereocenters. The average molecular weight is 284 g/mol. The van der Waals surface area contributed by atoms with Crippen molar-refractivity contribution in [2.45, 2.75) is 6.42 Å². The third-order valence-corrected chi connectivity index (χ3v) is 3.46. The minimum Gasteiger partial charge on any atom is -0.465 e. The molecule has 4 nitrogen and oxygen atoms in total. The molecule has 2 rings (SSSR count). The summed E-state index contributed by atoms with van der Waals surface area (Å²) < 4.78 is 4.74. The van der Waals surface area contributed by atoms with Crippen LogP contribution in [-0.4, -0.2) is 26.7 Å². The van der Waals surface area contributed by atoms with E-state index in [-0.39, 0.29) is 0 Å². The van der Waals surface area contributed by atoms with Crippen molar-refractivity contribution in [2.75, 3.05) is 31.3 Å². The molecule has 2 aromatic carbocycles. The molecule has 0 heterocycles. The van der Waals surface area contributed by atoms with E-state index in [0.717, 1.165) is 18.7 Å². The lowest BCUT2D eigenvalue weighted by Crippen LogP contribution is -2.21. The van der Waals surface area contributed by atoms with Crippen LogP contribution in [0.2, 0.25) is 0 Å². The van der Waals surface area contributed by atoms with Crippen molar-refractivity contribution < 1.29 is 9.53 Å². The minimum atomic E-state index is -0.411. The highest BCUT2D eigenvalue weighted by Crippen LogP contribution is 2.21. The number of hydrogen-bond donors (Lipinski definition) is 1. The van der Waals surface area contributed by atoms with Gasteiger partial charge in [-0.05, 0) is 30.2 Å². The first-order valence-corrected chi connectivity index (χ1v) is 6.84. The first-order valence-electron chi connectivity index (χ1n) is 6.84. The van der Waals surface area contributed by atoms with Crippen LogP contribution >= 0.6 is 0 Å². The molecule has 0 aliphatic heterocycles. The van der Waals surface area contributed by atoms with Crippen LogP contribution in [0.4, 0.5) is 11.4 Å². The van der Waals surface area contributed by atoms with Gasteiger partial charge in [0.1, 0.15) is 0 Å². The molecular weight excluding hydrogens is 264 g/mol. The summed E-state index contributed by atoms with van der Waals surface area (Å²) in [4.78, 5) is 13.8. The van der Waals surface area contributed by atoms with Gasteiger partial charge >= 0.3 is 5.97 Å². The molecule has 0 aliphatic rings. The standard InChI is InChI=1S/C17H20N2O2/c1-19(11-10-13-6-4-3-5-7-13)14-8-9-16(18)15(12-14)17(20)21-2/h3-9,12H,10-11,18H2,1-2H3. The number of nitrogens with zero attached hydrogens (tertiary/aromatic N) is 1. The molecule has 0 atom stereocenters. The predicted octanol–water partition coefficient (Wildman–Crippen LogP) is 2.73. The fourth-order valence-corrected chi connectivity index (χ4v) is 2.14. The Balaban J connectivity index is 2.09. The van der Waals surface area contributed by atoms with Gasteiger partial charge in [-0.15, -0.1) is 0 Å². The highest BCUT2D eigenvalue weighted by Gasteiger charge is 2.12. The van der Waals surface area contributed by atoms with Crippen LogP contribution in [0.5, 0.6) is 0 Å². The lowest BCUT2D eigenvalue weighted by molar-refractivity contribution is 0.0602. The molecule has 4 heteroatoms. The van der Waals surface area contributed by atoms with Crippen molar-refractivity contribution in [2.24, 2.45) is 0 Å². The Morgan fingerprint density at radius 1 is 1.19 bits per heavy atom. The summed E-state index contributed by atoms with van der Waals surface area (Å²) in [5.74, 6) is -0.411. The SMILES string of the molecule is COC(=O)c1cc(N(C)CCc2ccccc2)ccc1N. The van der Waals surface area contributed by atoms with Crippen LogP contribution in [-0.2, 0) is 11.2 Å². The van der Waals surface area contributed by atoms with E-state index < -0.39 is 5.97 Å². The molecule has 0 aromatic heterocycles. The maximum Gasteiger partial charge on any atom is 0.340 e. The normalized spacial score (nSPS) is 10.2. The number of rotatable bonds is 5. The lowest BCUT2D eigenvalue weighted by Gasteiger charge is -2.20. The molecular formula is C17H20N2O2. The molecule has 0 saturated carbocycles. The summed E-state index contributed by atoms with van der Waals surface area (Å²) >= 11 is 0. The number of carbonyl (C=O) groups excluding carboxylic acids is 1. The van der Waals surface area contributed by atoms with Crippen molar-refractivity contribution in [3.05, 3.63) is 59.7 Å². The zero-order valence-electron chi connectivity index (χ0n) is 12.4. The van der Waals surface area contributed by atoms with E-state index in [1.165, 1.54) is 12.7 Å². The van der Waals surface area contributed by atoms with Gasteiger partial charge < -0.3 is 15.4 Å². The summed E-state index contributed by atoms with van der Waals surface area (Å²) in [7, 11) is 3.35. The highest BCUT2D eigenvalue weighted by atomic mass is 16.5. The van der Waals surface area contributed by atoms with Gasteiger partial charge in [-0.3, -0.25) is 0 Å². The number of ether oxygens (including phenoxy) is 1. The topological polar surface area (TPSA) is 55.6 Å². The zero-order valence-corrected chi connectivity index (χ0v) is 12.4. The lowest BCUT2D eigenvalue weighted by atomic mass is 10.1. The Bertz CT molecular complexity index is 611. The number of esters is 1. The van der Waals surface area contributed by atoms with E-state index in [1.807, 2.05) is 31.3 Å². The Hall–Kier alpha value is -2.49. The molecule has 0 saturated heterocycles. The maximum atomic E-state index is 11.7. The summed E-state index contributed by atoms with van der Waals surface area (Å²) in [6, 6.07) is 15.7. The molecule has 0 fully saturated rings. The van der Waals surface area contributed by atoms with Gasteiger partial charge in [0.2, 0.25) is 0 Å². The number of methoxy groups -OCH3 is 1. The highest BCUT2D eigenvalue weighted by molar-refractivity contribution is 5.96. The first-order chi connectivity index (χ1) is 10.1. The molecule has 2 N–H and O–H groups in total. The van der Waals surface area contributed by atoms with E-state index in [1.54, 1.807) is 12.1 Å². The summed E-state index contributed by atoms with van der Waals surface area (Å²) in [6.45, 7) is 0.856. The van der Waals surface area contributed by atoms with E-state index in [2.05, 4.69) is 17.0 Å². The number of anilines is 2. The fourth-order valence-electron chi connectivity index (χ4n) is 2.14. The van der Waals surface area contributed by atoms with E-state index in [9.17, 15) is 4.79 Å². The number of nitrogens with two attached hydrogens (primary N) is 1. The minimum absolute atomic E-state index is 0.404. The van der Waals surface area contributed by atoms with Gasteiger partial charge in [0.25, 0.3) is 0 Å². The second-order valence-corrected chi connectivity index (χ2v) is 4.92. The van der Waals surface area contributed by atoms with Gasteiger partial charge in [0.05, 0.1) is 12.7 Å². The van der Waals surface area contributed by atoms with Crippen LogP contribution in [0, 0.1) is 0 Å². The molecule has 0 amide bonds. The fraction of sp³-hybridized carbons (Fsp3) is 0.235. The number of carbonyl (C=O) groups is 1. The van der Waals surface area contributed by atoms with E-state index in [0.29, 0.717) is 11.3 Å². The molecule has 21 heavy (non-hydrogen) atoms. The molecule has 2 aromatic rings. The van der Waals surface area contributed by atoms with Gasteiger partial charge in [-0.2, -0.15) is 0 Å². The monoisotopic (exact) mass is 284 g/mol. The Labute approximate surface area is 125 Å². The number of benzene rings is 2. The molecule has 0 aliphatic carbocycles. The van der Waals surface area contributed by atoms with Crippen LogP contribution in [0.3, 0.4) is 0 Å². The van der Waals surface area contributed by atoms with Crippen molar-refractivity contribution in [1.29, 1.82) is 0 Å². The second-order valence-electron chi connectivity index (χ2n) is 4.92. The van der Waals surface area contributed by atoms with Gasteiger partial charge in [0, 0.05) is 25.0 Å². The summed E-state index contributed by atoms with van der Waals surface area (Å²) in [5.41, 5.74) is 8.88. The van der Waals surface area contributed by atoms with E-state index >= 15 is 0 Å². The van der Waals surface area contributed by atoms with Crippen molar-refractivity contribution in [3.63, 3.8) is 0 Å². The van der Waals surface area contributed by atoms with Crippen molar-refractivity contribution in [3.8, 4) is 0 Å². The van der Waals surface area contributed by atoms with Crippen LogP contribution < -0.4 is 10.6 Å². The maximum absolute atomic E-state index is 11.7. The smallest absolute Gasteiger partial charge is 0.340 e. The molecule has 0 spiro atoms. The van der Waals surface area contributed by atoms with Crippen molar-refractivity contribution >= 4 is 17.3 Å². The third kappa shape index (κ3) is 3.75. The van der Waals surface area contributed by atoms with Gasteiger partial charge in [-0.25, -0.2) is 4.79 Å². The summed E-state index contributed by atoms with van der Waals surface area (Å²) in [6.07, 6.45) is 0.940. The Kier molecular flexibility index (Phi) is 4.82. The van der Waals surface area contributed by atoms with Crippen LogP contribution in [0.15, 0.2) is 48.5 Å². The first kappa shape index (κ1) is 14.9.